The average Bonchev–Trinajstić information content (AvgIpc) is 3.37. The lowest BCUT2D eigenvalue weighted by Gasteiger charge is -2.37. The van der Waals surface area contributed by atoms with Crippen molar-refractivity contribution in [2.24, 2.45) is 0 Å². The molecule has 36 heavy (non-hydrogen) atoms. The van der Waals surface area contributed by atoms with Crippen LogP contribution in [0.1, 0.15) is 71.5 Å². The number of rotatable bonds is 5. The molecule has 2 aliphatic heterocycles. The molecule has 2 aromatic rings. The summed E-state index contributed by atoms with van der Waals surface area (Å²) in [7, 11) is 0. The van der Waals surface area contributed by atoms with Crippen molar-refractivity contribution in [2.45, 2.75) is 56.2 Å². The minimum Gasteiger partial charge on any atom is -0.379 e. The highest BCUT2D eigenvalue weighted by atomic mass is 19.1. The smallest absolute Gasteiger partial charge is 0.319 e. The first-order valence-corrected chi connectivity index (χ1v) is 12.8. The van der Waals surface area contributed by atoms with E-state index >= 15 is 4.39 Å². The third-order valence-corrected chi connectivity index (χ3v) is 7.77. The van der Waals surface area contributed by atoms with E-state index in [1.807, 2.05) is 12.1 Å². The van der Waals surface area contributed by atoms with Gasteiger partial charge in [0.2, 0.25) is 0 Å². The Kier molecular flexibility index (Phi) is 6.97. The quantitative estimate of drug-likeness (QED) is 0.584. The monoisotopic (exact) mass is 489 g/mol. The molecule has 1 saturated carbocycles. The van der Waals surface area contributed by atoms with Crippen molar-refractivity contribution < 1.29 is 18.7 Å². The molecular formula is C29H32FN3O3. The van der Waals surface area contributed by atoms with Gasteiger partial charge in [-0.1, -0.05) is 30.5 Å². The highest BCUT2D eigenvalue weighted by Gasteiger charge is 2.38. The number of halogens is 1. The number of hydrogen-bond acceptors (Lipinski definition) is 3. The Balaban J connectivity index is 1.27. The molecule has 3 amide bonds. The molecule has 1 aliphatic carbocycles. The second-order valence-electron chi connectivity index (χ2n) is 10.1. The number of hydrogen-bond donors (Lipinski definition) is 2. The molecule has 2 N–H and O–H groups in total. The fourth-order valence-electron chi connectivity index (χ4n) is 5.27. The minimum absolute atomic E-state index is 0.000873. The van der Waals surface area contributed by atoms with Crippen LogP contribution in [0.15, 0.2) is 42.5 Å². The van der Waals surface area contributed by atoms with Gasteiger partial charge in [0.15, 0.2) is 0 Å². The summed E-state index contributed by atoms with van der Waals surface area (Å²) < 4.78 is 21.0. The van der Waals surface area contributed by atoms with Crippen LogP contribution >= 0.6 is 0 Å². The van der Waals surface area contributed by atoms with Crippen molar-refractivity contribution in [3.63, 3.8) is 0 Å². The molecule has 2 heterocycles. The standard InChI is InChI=1S/C29H32FN3O3/c1-2-20-6-9-23(10-7-20)29(30)13-15-33(16-14-29)27(34)22-8-11-25(21-4-3-5-21)26(18-22)32-28(35)31-24-12-17-36-19-24/h1,6-11,18,21,24H,3-5,12-17,19H2,(H2,31,32,35)/t24-/m0/s1. The number of carbonyl (C=O) groups is 2. The lowest BCUT2D eigenvalue weighted by molar-refractivity contribution is 0.0421. The van der Waals surface area contributed by atoms with Crippen LogP contribution in [0.25, 0.3) is 0 Å². The normalized spacial score (nSPS) is 21.3. The van der Waals surface area contributed by atoms with Gasteiger partial charge in [0.1, 0.15) is 5.67 Å². The van der Waals surface area contributed by atoms with E-state index in [2.05, 4.69) is 16.6 Å². The number of carbonyl (C=O) groups excluding carboxylic acids is 2. The fraction of sp³-hybridized carbons (Fsp3) is 0.448. The molecule has 0 radical (unpaired) electrons. The second kappa shape index (κ2) is 10.3. The van der Waals surface area contributed by atoms with Crippen LogP contribution in [0.5, 0.6) is 0 Å². The Morgan fingerprint density at radius 1 is 1.08 bits per heavy atom. The van der Waals surface area contributed by atoms with Crippen LogP contribution in [0.3, 0.4) is 0 Å². The maximum atomic E-state index is 15.7. The SMILES string of the molecule is C#Cc1ccc(C2(F)CCN(C(=O)c3ccc(C4CCC4)c(NC(=O)N[C@H]4CCOC4)c3)CC2)cc1. The Bertz CT molecular complexity index is 1160. The van der Waals surface area contributed by atoms with Crippen LogP contribution in [0, 0.1) is 12.3 Å². The number of likely N-dealkylation sites (tertiary alicyclic amines) is 1. The molecule has 0 spiro atoms. The van der Waals surface area contributed by atoms with Crippen molar-refractivity contribution in [1.29, 1.82) is 0 Å². The number of alkyl halides is 1. The molecule has 0 unspecified atom stereocenters. The highest BCUT2D eigenvalue weighted by molar-refractivity contribution is 5.97. The minimum atomic E-state index is -1.48. The Morgan fingerprint density at radius 2 is 1.83 bits per heavy atom. The van der Waals surface area contributed by atoms with Gasteiger partial charge in [0, 0.05) is 49.4 Å². The van der Waals surface area contributed by atoms with E-state index in [0.717, 1.165) is 30.4 Å². The maximum absolute atomic E-state index is 15.7. The molecular weight excluding hydrogens is 457 g/mol. The van der Waals surface area contributed by atoms with Gasteiger partial charge in [-0.05, 0) is 60.6 Å². The van der Waals surface area contributed by atoms with E-state index in [9.17, 15) is 9.59 Å². The van der Waals surface area contributed by atoms with E-state index in [1.54, 1.807) is 35.2 Å². The summed E-state index contributed by atoms with van der Waals surface area (Å²) >= 11 is 0. The number of ether oxygens (including phenoxy) is 1. The number of piperidine rings is 1. The van der Waals surface area contributed by atoms with Crippen LogP contribution in [-0.4, -0.2) is 49.2 Å². The summed E-state index contributed by atoms with van der Waals surface area (Å²) in [6.45, 7) is 1.80. The predicted octanol–water partition coefficient (Wildman–Crippen LogP) is 4.95. The maximum Gasteiger partial charge on any atom is 0.319 e. The van der Waals surface area contributed by atoms with Gasteiger partial charge in [0.05, 0.1) is 12.6 Å². The lowest BCUT2D eigenvalue weighted by atomic mass is 9.79. The molecule has 0 aromatic heterocycles. The number of nitrogens with zero attached hydrogens (tertiary/aromatic N) is 1. The van der Waals surface area contributed by atoms with E-state index < -0.39 is 5.67 Å². The predicted molar refractivity (Wildman–Crippen MR) is 137 cm³/mol. The van der Waals surface area contributed by atoms with Gasteiger partial charge in [0.25, 0.3) is 5.91 Å². The number of terminal acetylenes is 1. The zero-order chi connectivity index (χ0) is 25.1. The zero-order valence-corrected chi connectivity index (χ0v) is 20.4. The molecule has 5 rings (SSSR count). The van der Waals surface area contributed by atoms with Gasteiger partial charge < -0.3 is 20.3 Å². The first kappa shape index (κ1) is 24.3. The van der Waals surface area contributed by atoms with Crippen LogP contribution < -0.4 is 10.6 Å². The van der Waals surface area contributed by atoms with Crippen LogP contribution in [-0.2, 0) is 10.4 Å². The van der Waals surface area contributed by atoms with E-state index in [0.29, 0.717) is 49.0 Å². The lowest BCUT2D eigenvalue weighted by Crippen LogP contribution is -2.43. The number of benzene rings is 2. The van der Waals surface area contributed by atoms with Crippen molar-refractivity contribution in [3.8, 4) is 12.3 Å². The van der Waals surface area contributed by atoms with Crippen molar-refractivity contribution in [1.82, 2.24) is 10.2 Å². The summed E-state index contributed by atoms with van der Waals surface area (Å²) in [5, 5.41) is 5.93. The average molecular weight is 490 g/mol. The van der Waals surface area contributed by atoms with Crippen LogP contribution in [0.2, 0.25) is 0 Å². The van der Waals surface area contributed by atoms with Crippen LogP contribution in [0.4, 0.5) is 14.9 Å². The third kappa shape index (κ3) is 5.10. The van der Waals surface area contributed by atoms with Crippen molar-refractivity contribution >= 4 is 17.6 Å². The third-order valence-electron chi connectivity index (χ3n) is 7.77. The first-order valence-electron chi connectivity index (χ1n) is 12.8. The number of amides is 3. The second-order valence-corrected chi connectivity index (χ2v) is 10.1. The number of nitrogens with one attached hydrogen (secondary N) is 2. The van der Waals surface area contributed by atoms with Gasteiger partial charge in [-0.15, -0.1) is 6.42 Å². The van der Waals surface area contributed by atoms with Gasteiger partial charge in [-0.25, -0.2) is 9.18 Å². The first-order chi connectivity index (χ1) is 17.4. The molecule has 188 valence electrons. The Hall–Kier alpha value is -3.37. The molecule has 3 fully saturated rings. The molecule has 1 atom stereocenters. The molecule has 0 bridgehead atoms. The molecule has 6 nitrogen and oxygen atoms in total. The van der Waals surface area contributed by atoms with Crippen molar-refractivity contribution in [3.05, 3.63) is 64.7 Å². The number of anilines is 1. The fourth-order valence-corrected chi connectivity index (χ4v) is 5.27. The number of urea groups is 1. The summed E-state index contributed by atoms with van der Waals surface area (Å²) in [6.07, 6.45) is 9.98. The Labute approximate surface area is 211 Å². The van der Waals surface area contributed by atoms with Gasteiger partial charge >= 0.3 is 6.03 Å². The van der Waals surface area contributed by atoms with Crippen molar-refractivity contribution in [2.75, 3.05) is 31.6 Å². The molecule has 2 aromatic carbocycles. The zero-order valence-electron chi connectivity index (χ0n) is 20.4. The molecule has 2 saturated heterocycles. The summed E-state index contributed by atoms with van der Waals surface area (Å²) in [5.74, 6) is 2.80. The van der Waals surface area contributed by atoms with E-state index in [4.69, 9.17) is 11.2 Å². The van der Waals surface area contributed by atoms with E-state index in [-0.39, 0.29) is 30.8 Å². The largest absolute Gasteiger partial charge is 0.379 e. The summed E-state index contributed by atoms with van der Waals surface area (Å²) in [4.78, 5) is 27.7. The topological polar surface area (TPSA) is 70.7 Å². The molecule has 7 heteroatoms. The van der Waals surface area contributed by atoms with E-state index in [1.165, 1.54) is 6.42 Å². The summed E-state index contributed by atoms with van der Waals surface area (Å²) in [5.41, 5.74) is 2.08. The van der Waals surface area contributed by atoms with Gasteiger partial charge in [-0.3, -0.25) is 4.79 Å². The highest BCUT2D eigenvalue weighted by Crippen LogP contribution is 2.41. The van der Waals surface area contributed by atoms with Gasteiger partial charge in [-0.2, -0.15) is 0 Å². The Morgan fingerprint density at radius 3 is 2.44 bits per heavy atom. The summed E-state index contributed by atoms with van der Waals surface area (Å²) in [6, 6.07) is 12.3. The molecule has 3 aliphatic rings.